The molecule has 0 spiro atoms. The van der Waals surface area contributed by atoms with E-state index in [1.54, 1.807) is 12.1 Å². The molecule has 5 heteroatoms. The van der Waals surface area contributed by atoms with Crippen molar-refractivity contribution in [3.63, 3.8) is 0 Å². The maximum Gasteiger partial charge on any atom is 0.274 e. The van der Waals surface area contributed by atoms with E-state index in [9.17, 15) is 4.79 Å². The summed E-state index contributed by atoms with van der Waals surface area (Å²) in [6.07, 6.45) is 1.45. The van der Waals surface area contributed by atoms with Crippen LogP contribution in [-0.4, -0.2) is 10.9 Å². The number of aromatic nitrogens is 1. The molecule has 1 heterocycles. The zero-order valence-electron chi connectivity index (χ0n) is 9.58. The fraction of sp³-hybridized carbons (Fsp3) is 0.0769. The molecule has 0 fully saturated rings. The predicted molar refractivity (Wildman–Crippen MR) is 76.1 cm³/mol. The second kappa shape index (κ2) is 5.50. The van der Waals surface area contributed by atoms with E-state index in [0.29, 0.717) is 10.7 Å². The zero-order valence-corrected chi connectivity index (χ0v) is 11.9. The molecular formula is C13H10BrClN2O. The summed E-state index contributed by atoms with van der Waals surface area (Å²) in [5.74, 6) is -0.253. The van der Waals surface area contributed by atoms with Crippen molar-refractivity contribution < 1.29 is 4.79 Å². The Kier molecular flexibility index (Phi) is 3.99. The second-order valence-corrected chi connectivity index (χ2v) is 5.13. The zero-order chi connectivity index (χ0) is 13.1. The van der Waals surface area contributed by atoms with E-state index >= 15 is 0 Å². The number of pyridine rings is 1. The van der Waals surface area contributed by atoms with Gasteiger partial charge in [-0.25, -0.2) is 4.98 Å². The van der Waals surface area contributed by atoms with E-state index in [1.165, 1.54) is 6.20 Å². The Morgan fingerprint density at radius 3 is 2.72 bits per heavy atom. The third-order valence-electron chi connectivity index (χ3n) is 2.40. The number of carbonyl (C=O) groups excluding carboxylic acids is 1. The van der Waals surface area contributed by atoms with Crippen LogP contribution in [0.25, 0.3) is 0 Å². The number of nitrogens with zero attached hydrogens (tertiary/aromatic N) is 1. The van der Waals surface area contributed by atoms with Crippen molar-refractivity contribution >= 4 is 39.1 Å². The molecule has 0 aliphatic heterocycles. The molecule has 0 aliphatic carbocycles. The third kappa shape index (κ3) is 3.09. The predicted octanol–water partition coefficient (Wildman–Crippen LogP) is 4.06. The minimum atomic E-state index is -0.253. The van der Waals surface area contributed by atoms with Crippen LogP contribution in [0.2, 0.25) is 5.02 Å². The van der Waals surface area contributed by atoms with Crippen LogP contribution in [0.4, 0.5) is 5.69 Å². The lowest BCUT2D eigenvalue weighted by Gasteiger charge is -2.08. The summed E-state index contributed by atoms with van der Waals surface area (Å²) in [4.78, 5) is 15.9. The van der Waals surface area contributed by atoms with Gasteiger partial charge in [-0.05, 0) is 42.8 Å². The first-order valence-electron chi connectivity index (χ1n) is 5.25. The lowest BCUT2D eigenvalue weighted by molar-refractivity contribution is 0.102. The molecule has 3 nitrogen and oxygen atoms in total. The van der Waals surface area contributed by atoms with Crippen LogP contribution in [0, 0.1) is 6.92 Å². The summed E-state index contributed by atoms with van der Waals surface area (Å²) in [6, 6.07) is 8.87. The van der Waals surface area contributed by atoms with Crippen molar-refractivity contribution in [2.24, 2.45) is 0 Å². The van der Waals surface area contributed by atoms with E-state index in [2.05, 4.69) is 26.2 Å². The maximum atomic E-state index is 11.9. The molecule has 0 saturated heterocycles. The molecule has 18 heavy (non-hydrogen) atoms. The first-order chi connectivity index (χ1) is 8.56. The number of halogens is 2. The van der Waals surface area contributed by atoms with Crippen LogP contribution in [-0.2, 0) is 0 Å². The number of carbonyl (C=O) groups is 1. The van der Waals surface area contributed by atoms with E-state index in [4.69, 9.17) is 11.6 Å². The Balaban J connectivity index is 2.18. The van der Waals surface area contributed by atoms with Crippen molar-refractivity contribution in [1.29, 1.82) is 0 Å². The van der Waals surface area contributed by atoms with Gasteiger partial charge in [0.1, 0.15) is 5.69 Å². The average Bonchev–Trinajstić information content (AvgIpc) is 2.33. The maximum absolute atomic E-state index is 11.9. The molecule has 0 radical (unpaired) electrons. The van der Waals surface area contributed by atoms with Gasteiger partial charge in [-0.1, -0.05) is 27.5 Å². The molecule has 1 aromatic carbocycles. The average molecular weight is 326 g/mol. The highest BCUT2D eigenvalue weighted by Crippen LogP contribution is 2.20. The van der Waals surface area contributed by atoms with Crippen molar-refractivity contribution in [2.45, 2.75) is 6.92 Å². The van der Waals surface area contributed by atoms with Crippen LogP contribution >= 0.6 is 27.5 Å². The van der Waals surface area contributed by atoms with E-state index in [0.717, 1.165) is 15.7 Å². The summed E-state index contributed by atoms with van der Waals surface area (Å²) >= 11 is 9.10. The summed E-state index contributed by atoms with van der Waals surface area (Å²) < 4.78 is 0.975. The van der Waals surface area contributed by atoms with Gasteiger partial charge in [0.25, 0.3) is 5.91 Å². The Morgan fingerprint density at radius 1 is 1.33 bits per heavy atom. The molecule has 0 saturated carbocycles. The molecular weight excluding hydrogens is 316 g/mol. The fourth-order valence-electron chi connectivity index (χ4n) is 1.46. The third-order valence-corrected chi connectivity index (χ3v) is 3.11. The monoisotopic (exact) mass is 324 g/mol. The van der Waals surface area contributed by atoms with Gasteiger partial charge in [0, 0.05) is 16.4 Å². The minimum absolute atomic E-state index is 0.253. The summed E-state index contributed by atoms with van der Waals surface area (Å²) in [7, 11) is 0. The van der Waals surface area contributed by atoms with Crippen LogP contribution in [0.1, 0.15) is 16.1 Å². The number of amides is 1. The highest BCUT2D eigenvalue weighted by atomic mass is 79.9. The van der Waals surface area contributed by atoms with Gasteiger partial charge in [0.15, 0.2) is 0 Å². The summed E-state index contributed by atoms with van der Waals surface area (Å²) in [5.41, 5.74) is 2.08. The highest BCUT2D eigenvalue weighted by Gasteiger charge is 2.08. The van der Waals surface area contributed by atoms with Crippen molar-refractivity contribution in [1.82, 2.24) is 4.98 Å². The molecule has 1 N–H and O–H groups in total. The number of rotatable bonds is 2. The van der Waals surface area contributed by atoms with E-state index in [1.807, 2.05) is 25.1 Å². The standard InChI is InChI=1S/C13H10BrClN2O/c1-8-6-9(14)2-4-11(8)17-13(18)12-5-3-10(15)7-16-12/h2-7H,1H3,(H,17,18). The normalized spacial score (nSPS) is 10.2. The Morgan fingerprint density at radius 2 is 2.11 bits per heavy atom. The molecule has 0 aliphatic rings. The number of hydrogen-bond acceptors (Lipinski definition) is 2. The largest absolute Gasteiger partial charge is 0.320 e. The molecule has 2 aromatic rings. The molecule has 0 atom stereocenters. The SMILES string of the molecule is Cc1cc(Br)ccc1NC(=O)c1ccc(Cl)cn1. The lowest BCUT2D eigenvalue weighted by atomic mass is 10.2. The van der Waals surface area contributed by atoms with Crippen LogP contribution in [0.3, 0.4) is 0 Å². The van der Waals surface area contributed by atoms with Crippen molar-refractivity contribution in [2.75, 3.05) is 5.32 Å². The number of aryl methyl sites for hydroxylation is 1. The van der Waals surface area contributed by atoms with Crippen LogP contribution in [0.5, 0.6) is 0 Å². The first kappa shape index (κ1) is 13.1. The fourth-order valence-corrected chi connectivity index (χ4v) is 2.05. The van der Waals surface area contributed by atoms with Gasteiger partial charge in [-0.15, -0.1) is 0 Å². The molecule has 1 amide bonds. The van der Waals surface area contributed by atoms with Gasteiger partial charge >= 0.3 is 0 Å². The van der Waals surface area contributed by atoms with Gasteiger partial charge in [0.2, 0.25) is 0 Å². The molecule has 0 unspecified atom stereocenters. The van der Waals surface area contributed by atoms with Gasteiger partial charge < -0.3 is 5.32 Å². The summed E-state index contributed by atoms with van der Waals surface area (Å²) in [5, 5.41) is 3.31. The summed E-state index contributed by atoms with van der Waals surface area (Å²) in [6.45, 7) is 1.93. The van der Waals surface area contributed by atoms with Gasteiger partial charge in [-0.2, -0.15) is 0 Å². The van der Waals surface area contributed by atoms with Gasteiger partial charge in [0.05, 0.1) is 5.02 Å². The highest BCUT2D eigenvalue weighted by molar-refractivity contribution is 9.10. The topological polar surface area (TPSA) is 42.0 Å². The van der Waals surface area contributed by atoms with Crippen LogP contribution < -0.4 is 5.32 Å². The van der Waals surface area contributed by atoms with Gasteiger partial charge in [-0.3, -0.25) is 4.79 Å². The molecule has 0 bridgehead atoms. The Hall–Kier alpha value is -1.39. The lowest BCUT2D eigenvalue weighted by Crippen LogP contribution is -2.14. The van der Waals surface area contributed by atoms with Crippen LogP contribution in [0.15, 0.2) is 41.0 Å². The molecule has 1 aromatic heterocycles. The molecule has 2 rings (SSSR count). The van der Waals surface area contributed by atoms with E-state index < -0.39 is 0 Å². The molecule has 92 valence electrons. The second-order valence-electron chi connectivity index (χ2n) is 3.78. The first-order valence-corrected chi connectivity index (χ1v) is 6.42. The minimum Gasteiger partial charge on any atom is -0.320 e. The Bertz CT molecular complexity index is 584. The number of anilines is 1. The van der Waals surface area contributed by atoms with Crippen molar-refractivity contribution in [3.05, 3.63) is 57.3 Å². The Labute approximate surface area is 118 Å². The smallest absolute Gasteiger partial charge is 0.274 e. The number of benzene rings is 1. The van der Waals surface area contributed by atoms with Crippen molar-refractivity contribution in [3.8, 4) is 0 Å². The van der Waals surface area contributed by atoms with E-state index in [-0.39, 0.29) is 5.91 Å². The quantitative estimate of drug-likeness (QED) is 0.905. The number of hydrogen-bond donors (Lipinski definition) is 1. The number of nitrogens with one attached hydrogen (secondary N) is 1.